The number of aliphatic hydroxyl groups excluding tert-OH is 1. The molecule has 4 heteroatoms. The van der Waals surface area contributed by atoms with Crippen LogP contribution >= 0.6 is 11.3 Å². The van der Waals surface area contributed by atoms with Crippen molar-refractivity contribution in [1.29, 1.82) is 0 Å². The summed E-state index contributed by atoms with van der Waals surface area (Å²) in [6.45, 7) is 0. The topological polar surface area (TPSA) is 46.3 Å². The van der Waals surface area contributed by atoms with E-state index in [2.05, 4.69) is 4.98 Å². The molecule has 0 radical (unpaired) electrons. The first-order chi connectivity index (χ1) is 7.84. The normalized spacial score (nSPS) is 13.1. The Morgan fingerprint density at radius 3 is 2.94 bits per heavy atom. The van der Waals surface area contributed by atoms with Gasteiger partial charge >= 0.3 is 0 Å². The molecule has 0 aliphatic rings. The third-order valence-electron chi connectivity index (χ3n) is 2.45. The first kappa shape index (κ1) is 9.57. The number of fused-ring (bicyclic) bond motifs is 1. The number of para-hydroxylation sites is 1. The number of aliphatic hydroxyl groups is 1. The van der Waals surface area contributed by atoms with Crippen molar-refractivity contribution in [1.82, 2.24) is 4.98 Å². The second-order valence-electron chi connectivity index (χ2n) is 3.50. The fourth-order valence-electron chi connectivity index (χ4n) is 1.64. The molecule has 1 unspecified atom stereocenters. The number of aromatic nitrogens is 1. The highest BCUT2D eigenvalue weighted by Crippen LogP contribution is 2.27. The monoisotopic (exact) mass is 231 g/mol. The van der Waals surface area contributed by atoms with Crippen molar-refractivity contribution >= 4 is 22.3 Å². The Bertz CT molecular complexity index is 567. The zero-order valence-electron chi connectivity index (χ0n) is 8.33. The van der Waals surface area contributed by atoms with Gasteiger partial charge in [0.2, 0.25) is 0 Å². The fraction of sp³-hybridized carbons (Fsp3) is 0.0833. The van der Waals surface area contributed by atoms with E-state index in [4.69, 9.17) is 4.42 Å². The van der Waals surface area contributed by atoms with Gasteiger partial charge in [0.25, 0.3) is 0 Å². The number of furan rings is 1. The van der Waals surface area contributed by atoms with Crippen LogP contribution in [0.1, 0.15) is 17.6 Å². The van der Waals surface area contributed by atoms with E-state index < -0.39 is 6.10 Å². The molecule has 0 bridgehead atoms. The van der Waals surface area contributed by atoms with Crippen LogP contribution in [-0.2, 0) is 0 Å². The number of nitrogens with zero attached hydrogens (tertiary/aromatic N) is 1. The second kappa shape index (κ2) is 3.73. The molecule has 3 nitrogen and oxygen atoms in total. The molecule has 0 amide bonds. The van der Waals surface area contributed by atoms with E-state index in [1.165, 1.54) is 11.3 Å². The van der Waals surface area contributed by atoms with E-state index in [9.17, 15) is 5.11 Å². The highest BCUT2D eigenvalue weighted by atomic mass is 32.1. The van der Waals surface area contributed by atoms with E-state index in [1.807, 2.05) is 35.7 Å². The molecule has 0 aliphatic heterocycles. The summed E-state index contributed by atoms with van der Waals surface area (Å²) >= 11 is 1.46. The lowest BCUT2D eigenvalue weighted by Crippen LogP contribution is -1.97. The van der Waals surface area contributed by atoms with E-state index in [1.54, 1.807) is 5.51 Å². The Balaban J connectivity index is 2.06. The van der Waals surface area contributed by atoms with Crippen LogP contribution in [0.3, 0.4) is 0 Å². The van der Waals surface area contributed by atoms with E-state index in [-0.39, 0.29) is 0 Å². The molecule has 0 fully saturated rings. The number of rotatable bonds is 2. The van der Waals surface area contributed by atoms with Crippen LogP contribution in [0.5, 0.6) is 0 Å². The zero-order chi connectivity index (χ0) is 11.0. The SMILES string of the molecule is OC(c1cscn1)c1cc2ccccc2o1. The van der Waals surface area contributed by atoms with E-state index in [0.29, 0.717) is 11.5 Å². The molecule has 2 aromatic heterocycles. The Labute approximate surface area is 96.0 Å². The van der Waals surface area contributed by atoms with Gasteiger partial charge in [-0.1, -0.05) is 18.2 Å². The van der Waals surface area contributed by atoms with Crippen LogP contribution in [0.15, 0.2) is 45.6 Å². The average molecular weight is 231 g/mol. The van der Waals surface area contributed by atoms with Crippen LogP contribution in [0.4, 0.5) is 0 Å². The van der Waals surface area contributed by atoms with Crippen molar-refractivity contribution in [2.75, 3.05) is 0 Å². The van der Waals surface area contributed by atoms with Gasteiger partial charge in [0.1, 0.15) is 11.3 Å². The third-order valence-corrected chi connectivity index (χ3v) is 3.05. The van der Waals surface area contributed by atoms with Crippen molar-refractivity contribution in [3.63, 3.8) is 0 Å². The fourth-order valence-corrected chi connectivity index (χ4v) is 2.21. The molecule has 1 N–H and O–H groups in total. The van der Waals surface area contributed by atoms with E-state index >= 15 is 0 Å². The number of thiazole rings is 1. The lowest BCUT2D eigenvalue weighted by atomic mass is 10.2. The third kappa shape index (κ3) is 1.52. The molecule has 2 heterocycles. The summed E-state index contributed by atoms with van der Waals surface area (Å²) in [6.07, 6.45) is -0.779. The van der Waals surface area contributed by atoms with Gasteiger partial charge in [-0.15, -0.1) is 11.3 Å². The summed E-state index contributed by atoms with van der Waals surface area (Å²) in [5.74, 6) is 0.534. The lowest BCUT2D eigenvalue weighted by molar-refractivity contribution is 0.188. The Morgan fingerprint density at radius 2 is 2.19 bits per heavy atom. The number of hydrogen-bond acceptors (Lipinski definition) is 4. The minimum Gasteiger partial charge on any atom is -0.458 e. The molecule has 80 valence electrons. The van der Waals surface area contributed by atoms with Gasteiger partial charge in [0.05, 0.1) is 11.2 Å². The summed E-state index contributed by atoms with van der Waals surface area (Å²) in [5, 5.41) is 12.8. The van der Waals surface area contributed by atoms with Crippen molar-refractivity contribution in [3.05, 3.63) is 52.7 Å². The quantitative estimate of drug-likeness (QED) is 0.737. The first-order valence-corrected chi connectivity index (χ1v) is 5.83. The molecular weight excluding hydrogens is 222 g/mol. The van der Waals surface area contributed by atoms with Gasteiger partial charge in [0.15, 0.2) is 6.10 Å². The van der Waals surface area contributed by atoms with Crippen molar-refractivity contribution in [2.24, 2.45) is 0 Å². The van der Waals surface area contributed by atoms with Crippen LogP contribution in [0.25, 0.3) is 11.0 Å². The van der Waals surface area contributed by atoms with Gasteiger partial charge < -0.3 is 9.52 Å². The molecule has 1 aromatic carbocycles. The van der Waals surface area contributed by atoms with Gasteiger partial charge in [0, 0.05) is 10.8 Å². The van der Waals surface area contributed by atoms with Crippen molar-refractivity contribution in [3.8, 4) is 0 Å². The maximum Gasteiger partial charge on any atom is 0.154 e. The van der Waals surface area contributed by atoms with Crippen LogP contribution in [-0.4, -0.2) is 10.1 Å². The lowest BCUT2D eigenvalue weighted by Gasteiger charge is -2.02. The molecule has 0 saturated carbocycles. The molecule has 16 heavy (non-hydrogen) atoms. The summed E-state index contributed by atoms with van der Waals surface area (Å²) in [5.41, 5.74) is 3.11. The molecule has 3 aromatic rings. The number of hydrogen-bond donors (Lipinski definition) is 1. The van der Waals surface area contributed by atoms with Gasteiger partial charge in [-0.2, -0.15) is 0 Å². The van der Waals surface area contributed by atoms with Crippen molar-refractivity contribution in [2.45, 2.75) is 6.10 Å². The van der Waals surface area contributed by atoms with Gasteiger partial charge in [-0.3, -0.25) is 0 Å². The Kier molecular flexibility index (Phi) is 2.23. The largest absolute Gasteiger partial charge is 0.458 e. The maximum absolute atomic E-state index is 10.0. The summed E-state index contributed by atoms with van der Waals surface area (Å²) in [4.78, 5) is 4.07. The Morgan fingerprint density at radius 1 is 1.31 bits per heavy atom. The average Bonchev–Trinajstić information content (AvgIpc) is 2.97. The summed E-state index contributed by atoms with van der Waals surface area (Å²) < 4.78 is 5.57. The minimum atomic E-state index is -0.779. The molecule has 0 spiro atoms. The second-order valence-corrected chi connectivity index (χ2v) is 4.22. The Hall–Kier alpha value is -1.65. The van der Waals surface area contributed by atoms with E-state index in [0.717, 1.165) is 11.0 Å². The molecule has 0 aliphatic carbocycles. The van der Waals surface area contributed by atoms with Crippen molar-refractivity contribution < 1.29 is 9.52 Å². The number of benzene rings is 1. The van der Waals surface area contributed by atoms with Gasteiger partial charge in [-0.25, -0.2) is 4.98 Å². The first-order valence-electron chi connectivity index (χ1n) is 4.89. The minimum absolute atomic E-state index is 0.534. The molecule has 0 saturated heterocycles. The van der Waals surface area contributed by atoms with Crippen LogP contribution in [0.2, 0.25) is 0 Å². The van der Waals surface area contributed by atoms with Crippen LogP contribution in [0, 0.1) is 0 Å². The molecule has 1 atom stereocenters. The molecular formula is C12H9NO2S. The predicted octanol–water partition coefficient (Wildman–Crippen LogP) is 2.97. The standard InChI is InChI=1S/C12H9NO2S/c14-12(9-6-16-7-13-9)11-5-8-3-1-2-4-10(8)15-11/h1-7,12,14H. The predicted molar refractivity (Wildman–Crippen MR) is 62.4 cm³/mol. The highest BCUT2D eigenvalue weighted by molar-refractivity contribution is 7.07. The smallest absolute Gasteiger partial charge is 0.154 e. The molecule has 3 rings (SSSR count). The van der Waals surface area contributed by atoms with Gasteiger partial charge in [-0.05, 0) is 12.1 Å². The zero-order valence-corrected chi connectivity index (χ0v) is 9.15. The highest BCUT2D eigenvalue weighted by Gasteiger charge is 2.16. The van der Waals surface area contributed by atoms with Crippen LogP contribution < -0.4 is 0 Å². The maximum atomic E-state index is 10.0. The summed E-state index contributed by atoms with van der Waals surface area (Å²) in [7, 11) is 0. The summed E-state index contributed by atoms with van der Waals surface area (Å²) in [6, 6.07) is 9.53.